The normalized spacial score (nSPS) is 27.3. The smallest absolute Gasteiger partial charge is 0.317 e. The summed E-state index contributed by atoms with van der Waals surface area (Å²) in [6.07, 6.45) is 4.52. The Morgan fingerprint density at radius 1 is 1.59 bits per heavy atom. The van der Waals surface area contributed by atoms with Crippen molar-refractivity contribution in [1.29, 1.82) is 0 Å². The molecule has 0 aromatic rings. The van der Waals surface area contributed by atoms with E-state index >= 15 is 0 Å². The van der Waals surface area contributed by atoms with Gasteiger partial charge < -0.3 is 4.74 Å². The molecular formula is C14H20O3. The van der Waals surface area contributed by atoms with E-state index < -0.39 is 17.3 Å². The van der Waals surface area contributed by atoms with E-state index in [-0.39, 0.29) is 11.7 Å². The first-order valence-electron chi connectivity index (χ1n) is 5.77. The Labute approximate surface area is 103 Å². The second-order valence-electron chi connectivity index (χ2n) is 5.12. The second-order valence-corrected chi connectivity index (χ2v) is 5.12. The van der Waals surface area contributed by atoms with Crippen molar-refractivity contribution >= 4 is 11.8 Å². The first-order chi connectivity index (χ1) is 7.86. The van der Waals surface area contributed by atoms with Gasteiger partial charge in [0.05, 0.1) is 7.11 Å². The number of ether oxygens (including phenoxy) is 1. The monoisotopic (exact) mass is 236 g/mol. The van der Waals surface area contributed by atoms with Gasteiger partial charge in [0.25, 0.3) is 0 Å². The summed E-state index contributed by atoms with van der Waals surface area (Å²) < 4.78 is 4.76. The van der Waals surface area contributed by atoms with E-state index in [1.54, 1.807) is 6.92 Å². The maximum absolute atomic E-state index is 12.1. The highest BCUT2D eigenvalue weighted by molar-refractivity contribution is 6.09. The van der Waals surface area contributed by atoms with E-state index in [4.69, 9.17) is 4.74 Å². The molecule has 0 radical (unpaired) electrons. The zero-order valence-corrected chi connectivity index (χ0v) is 10.9. The van der Waals surface area contributed by atoms with Crippen LogP contribution in [-0.2, 0) is 14.3 Å². The van der Waals surface area contributed by atoms with E-state index in [1.807, 2.05) is 26.0 Å². The number of carbonyl (C=O) groups excluding carboxylic acids is 2. The Balaban J connectivity index is 3.21. The predicted molar refractivity (Wildman–Crippen MR) is 66.4 cm³/mol. The topological polar surface area (TPSA) is 43.4 Å². The summed E-state index contributed by atoms with van der Waals surface area (Å²) in [7, 11) is 1.32. The summed E-state index contributed by atoms with van der Waals surface area (Å²) in [5, 5.41) is 0. The molecule has 0 aromatic carbocycles. The van der Waals surface area contributed by atoms with Gasteiger partial charge in [0, 0.05) is 0 Å². The molecule has 3 heteroatoms. The molecule has 17 heavy (non-hydrogen) atoms. The fraction of sp³-hybridized carbons (Fsp3) is 0.571. The molecule has 94 valence electrons. The van der Waals surface area contributed by atoms with Gasteiger partial charge in [0.1, 0.15) is 5.92 Å². The number of esters is 1. The molecule has 2 atom stereocenters. The Bertz CT molecular complexity index is 377. The third-order valence-corrected chi connectivity index (χ3v) is 3.66. The fourth-order valence-electron chi connectivity index (χ4n) is 2.46. The molecule has 0 spiro atoms. The Kier molecular flexibility index (Phi) is 3.91. The van der Waals surface area contributed by atoms with Crippen molar-refractivity contribution in [3.63, 3.8) is 0 Å². The van der Waals surface area contributed by atoms with Crippen molar-refractivity contribution in [2.24, 2.45) is 17.3 Å². The minimum atomic E-state index is -0.706. The number of hydrogen-bond donors (Lipinski definition) is 0. The summed E-state index contributed by atoms with van der Waals surface area (Å²) in [5.74, 6) is -1.13. The Hall–Kier alpha value is -1.38. The van der Waals surface area contributed by atoms with E-state index in [1.165, 1.54) is 7.11 Å². The van der Waals surface area contributed by atoms with E-state index in [9.17, 15) is 9.59 Å². The molecule has 0 aromatic heterocycles. The van der Waals surface area contributed by atoms with Gasteiger partial charge in [-0.15, -0.1) is 6.58 Å². The van der Waals surface area contributed by atoms with Gasteiger partial charge in [-0.2, -0.15) is 0 Å². The molecule has 1 aliphatic rings. The van der Waals surface area contributed by atoms with Gasteiger partial charge in [-0.1, -0.05) is 26.0 Å². The lowest BCUT2D eigenvalue weighted by Gasteiger charge is -2.40. The quantitative estimate of drug-likeness (QED) is 0.429. The highest BCUT2D eigenvalue weighted by atomic mass is 16.5. The van der Waals surface area contributed by atoms with Crippen LogP contribution < -0.4 is 0 Å². The van der Waals surface area contributed by atoms with Crippen molar-refractivity contribution in [2.45, 2.75) is 27.2 Å². The SMILES string of the molecule is C=CC[C@H]1C=C(C)C(=O)C(C(=O)OC)C1(C)C. The largest absolute Gasteiger partial charge is 0.468 e. The first kappa shape index (κ1) is 13.7. The van der Waals surface area contributed by atoms with Crippen molar-refractivity contribution in [2.75, 3.05) is 7.11 Å². The molecule has 3 nitrogen and oxygen atoms in total. The minimum absolute atomic E-state index is 0.123. The van der Waals surface area contributed by atoms with Gasteiger partial charge in [-0.25, -0.2) is 0 Å². The van der Waals surface area contributed by atoms with Crippen LogP contribution in [-0.4, -0.2) is 18.9 Å². The summed E-state index contributed by atoms with van der Waals surface area (Å²) in [6.45, 7) is 9.35. The maximum atomic E-state index is 12.1. The zero-order valence-electron chi connectivity index (χ0n) is 10.9. The van der Waals surface area contributed by atoms with Gasteiger partial charge in [-0.05, 0) is 30.3 Å². The molecule has 0 heterocycles. The molecule has 0 saturated heterocycles. The van der Waals surface area contributed by atoms with Crippen LogP contribution in [0.15, 0.2) is 24.3 Å². The van der Waals surface area contributed by atoms with Crippen molar-refractivity contribution in [3.8, 4) is 0 Å². The fourth-order valence-corrected chi connectivity index (χ4v) is 2.46. The number of Topliss-reactive ketones (excluding diaryl/α,β-unsaturated/α-hetero) is 1. The maximum Gasteiger partial charge on any atom is 0.317 e. The molecular weight excluding hydrogens is 216 g/mol. The van der Waals surface area contributed by atoms with Crippen LogP contribution in [0.1, 0.15) is 27.2 Å². The van der Waals surface area contributed by atoms with Crippen LogP contribution in [0.2, 0.25) is 0 Å². The van der Waals surface area contributed by atoms with Gasteiger partial charge in [0.2, 0.25) is 0 Å². The third-order valence-electron chi connectivity index (χ3n) is 3.66. The molecule has 1 rings (SSSR count). The summed E-state index contributed by atoms with van der Waals surface area (Å²) in [4.78, 5) is 23.9. The van der Waals surface area contributed by atoms with E-state index in [0.29, 0.717) is 5.57 Å². The van der Waals surface area contributed by atoms with Crippen LogP contribution in [0.4, 0.5) is 0 Å². The number of rotatable bonds is 3. The van der Waals surface area contributed by atoms with E-state index in [2.05, 4.69) is 6.58 Å². The molecule has 1 unspecified atom stereocenters. The highest BCUT2D eigenvalue weighted by Gasteiger charge is 2.48. The standard InChI is InChI=1S/C14H20O3/c1-6-7-10-8-9(2)12(15)11(13(16)17-5)14(10,3)4/h6,8,10-11H,1,7H2,2-5H3/t10-,11?/m0/s1. The van der Waals surface area contributed by atoms with E-state index in [0.717, 1.165) is 6.42 Å². The second kappa shape index (κ2) is 4.86. The zero-order chi connectivity index (χ0) is 13.2. The molecule has 0 saturated carbocycles. The van der Waals surface area contributed by atoms with Crippen LogP contribution in [0, 0.1) is 17.3 Å². The number of allylic oxidation sites excluding steroid dienone is 3. The van der Waals surface area contributed by atoms with Crippen molar-refractivity contribution < 1.29 is 14.3 Å². The van der Waals surface area contributed by atoms with Gasteiger partial charge in [0.15, 0.2) is 5.78 Å². The first-order valence-corrected chi connectivity index (χ1v) is 5.77. The Morgan fingerprint density at radius 2 is 2.18 bits per heavy atom. The molecule has 0 fully saturated rings. The van der Waals surface area contributed by atoms with Crippen LogP contribution in [0.3, 0.4) is 0 Å². The van der Waals surface area contributed by atoms with Crippen molar-refractivity contribution in [3.05, 3.63) is 24.3 Å². The summed E-state index contributed by atoms with van der Waals surface area (Å²) in [6, 6.07) is 0. The predicted octanol–water partition coefficient (Wildman–Crippen LogP) is 2.52. The summed E-state index contributed by atoms with van der Waals surface area (Å²) in [5.41, 5.74) is 0.212. The lowest BCUT2D eigenvalue weighted by molar-refractivity contribution is -0.155. The average molecular weight is 236 g/mol. The number of hydrogen-bond acceptors (Lipinski definition) is 3. The molecule has 0 N–H and O–H groups in total. The molecule has 0 aliphatic heterocycles. The van der Waals surface area contributed by atoms with Gasteiger partial charge >= 0.3 is 5.97 Å². The average Bonchev–Trinajstić information content (AvgIpc) is 2.26. The number of carbonyl (C=O) groups is 2. The molecule has 1 aliphatic carbocycles. The van der Waals surface area contributed by atoms with Crippen LogP contribution in [0.25, 0.3) is 0 Å². The van der Waals surface area contributed by atoms with Crippen molar-refractivity contribution in [1.82, 2.24) is 0 Å². The minimum Gasteiger partial charge on any atom is -0.468 e. The van der Waals surface area contributed by atoms with Crippen LogP contribution >= 0.6 is 0 Å². The lowest BCUT2D eigenvalue weighted by Crippen LogP contribution is -2.45. The molecule has 0 bridgehead atoms. The molecule has 0 amide bonds. The number of ketones is 1. The summed E-state index contributed by atoms with van der Waals surface area (Å²) >= 11 is 0. The highest BCUT2D eigenvalue weighted by Crippen LogP contribution is 2.44. The third kappa shape index (κ3) is 2.33. The lowest BCUT2D eigenvalue weighted by atomic mass is 9.62. The van der Waals surface area contributed by atoms with Crippen LogP contribution in [0.5, 0.6) is 0 Å². The van der Waals surface area contributed by atoms with Gasteiger partial charge in [-0.3, -0.25) is 9.59 Å². The Morgan fingerprint density at radius 3 is 2.65 bits per heavy atom. The number of methoxy groups -OCH3 is 1.